The predicted molar refractivity (Wildman–Crippen MR) is 64.1 cm³/mol. The van der Waals surface area contributed by atoms with Crippen LogP contribution in [0.4, 0.5) is 0 Å². The van der Waals surface area contributed by atoms with Gasteiger partial charge in [0.2, 0.25) is 5.91 Å². The molecule has 0 aliphatic carbocycles. The fourth-order valence-corrected chi connectivity index (χ4v) is 2.25. The fourth-order valence-electron chi connectivity index (χ4n) is 2.25. The molecule has 3 nitrogen and oxygen atoms in total. The monoisotopic (exact) mass is 218 g/mol. The zero-order valence-corrected chi connectivity index (χ0v) is 9.57. The molecule has 0 bridgehead atoms. The zero-order valence-electron chi connectivity index (χ0n) is 9.57. The van der Waals surface area contributed by atoms with Gasteiger partial charge in [-0.05, 0) is 24.8 Å². The van der Waals surface area contributed by atoms with Crippen molar-refractivity contribution in [3.05, 3.63) is 35.4 Å². The van der Waals surface area contributed by atoms with Gasteiger partial charge in [-0.2, -0.15) is 0 Å². The van der Waals surface area contributed by atoms with Gasteiger partial charge in [-0.25, -0.2) is 0 Å². The molecule has 3 N–H and O–H groups in total. The van der Waals surface area contributed by atoms with Crippen LogP contribution in [0.15, 0.2) is 24.3 Å². The van der Waals surface area contributed by atoms with Crippen LogP contribution in [0.1, 0.15) is 23.5 Å². The van der Waals surface area contributed by atoms with Crippen LogP contribution in [0, 0.1) is 12.8 Å². The molecular weight excluding hydrogens is 200 g/mol. The number of aryl methyl sites for hydroxylation is 1. The van der Waals surface area contributed by atoms with E-state index >= 15 is 0 Å². The van der Waals surface area contributed by atoms with Crippen LogP contribution in [0.5, 0.6) is 0 Å². The minimum absolute atomic E-state index is 0.0277. The van der Waals surface area contributed by atoms with Crippen molar-refractivity contribution in [2.75, 3.05) is 13.1 Å². The SMILES string of the molecule is Cc1ccc(C2CNCC(C(N)=O)C2)cc1. The van der Waals surface area contributed by atoms with E-state index in [9.17, 15) is 4.79 Å². The Morgan fingerprint density at radius 2 is 2.00 bits per heavy atom. The lowest BCUT2D eigenvalue weighted by atomic mass is 9.85. The van der Waals surface area contributed by atoms with Gasteiger partial charge in [0.15, 0.2) is 0 Å². The largest absolute Gasteiger partial charge is 0.369 e. The minimum atomic E-state index is -0.190. The Hall–Kier alpha value is -1.35. The third kappa shape index (κ3) is 2.42. The Kier molecular flexibility index (Phi) is 3.25. The Morgan fingerprint density at radius 3 is 2.62 bits per heavy atom. The summed E-state index contributed by atoms with van der Waals surface area (Å²) in [6, 6.07) is 8.52. The average Bonchev–Trinajstić information content (AvgIpc) is 2.30. The third-order valence-electron chi connectivity index (χ3n) is 3.30. The summed E-state index contributed by atoms with van der Waals surface area (Å²) in [5, 5.41) is 3.28. The van der Waals surface area contributed by atoms with Gasteiger partial charge in [0.05, 0.1) is 5.92 Å². The summed E-state index contributed by atoms with van der Waals surface area (Å²) in [6.45, 7) is 3.74. The lowest BCUT2D eigenvalue weighted by Crippen LogP contribution is -2.41. The van der Waals surface area contributed by atoms with E-state index in [1.807, 2.05) is 0 Å². The molecule has 0 aromatic heterocycles. The molecule has 1 heterocycles. The van der Waals surface area contributed by atoms with E-state index < -0.39 is 0 Å². The summed E-state index contributed by atoms with van der Waals surface area (Å²) in [7, 11) is 0. The number of nitrogens with two attached hydrogens (primary N) is 1. The Balaban J connectivity index is 2.09. The number of amides is 1. The second-order valence-corrected chi connectivity index (χ2v) is 4.60. The molecule has 16 heavy (non-hydrogen) atoms. The quantitative estimate of drug-likeness (QED) is 0.783. The summed E-state index contributed by atoms with van der Waals surface area (Å²) in [4.78, 5) is 11.2. The fraction of sp³-hybridized carbons (Fsp3) is 0.462. The summed E-state index contributed by atoms with van der Waals surface area (Å²) in [5.74, 6) is 0.191. The first-order chi connectivity index (χ1) is 7.66. The maximum Gasteiger partial charge on any atom is 0.221 e. The topological polar surface area (TPSA) is 55.1 Å². The van der Waals surface area contributed by atoms with E-state index in [-0.39, 0.29) is 11.8 Å². The number of piperidine rings is 1. The molecule has 0 saturated carbocycles. The third-order valence-corrected chi connectivity index (χ3v) is 3.30. The Bertz CT molecular complexity index is 372. The molecule has 1 fully saturated rings. The van der Waals surface area contributed by atoms with Crippen molar-refractivity contribution in [3.63, 3.8) is 0 Å². The van der Waals surface area contributed by atoms with Crippen molar-refractivity contribution < 1.29 is 4.79 Å². The van der Waals surface area contributed by atoms with E-state index in [4.69, 9.17) is 5.73 Å². The molecule has 1 aliphatic rings. The number of nitrogens with one attached hydrogen (secondary N) is 1. The zero-order chi connectivity index (χ0) is 11.5. The van der Waals surface area contributed by atoms with Crippen LogP contribution in [0.3, 0.4) is 0 Å². The second kappa shape index (κ2) is 4.66. The van der Waals surface area contributed by atoms with Gasteiger partial charge in [-0.1, -0.05) is 29.8 Å². The van der Waals surface area contributed by atoms with Crippen LogP contribution in [-0.2, 0) is 4.79 Å². The smallest absolute Gasteiger partial charge is 0.221 e. The molecule has 1 amide bonds. The van der Waals surface area contributed by atoms with Crippen molar-refractivity contribution in [1.82, 2.24) is 5.32 Å². The molecule has 1 aromatic carbocycles. The number of primary amides is 1. The number of hydrogen-bond donors (Lipinski definition) is 2. The van der Waals surface area contributed by atoms with Gasteiger partial charge in [0.25, 0.3) is 0 Å². The van der Waals surface area contributed by atoms with Gasteiger partial charge in [0, 0.05) is 13.1 Å². The van der Waals surface area contributed by atoms with Crippen molar-refractivity contribution in [2.45, 2.75) is 19.3 Å². The van der Waals surface area contributed by atoms with Crippen molar-refractivity contribution >= 4 is 5.91 Å². The van der Waals surface area contributed by atoms with Crippen LogP contribution in [-0.4, -0.2) is 19.0 Å². The van der Waals surface area contributed by atoms with Gasteiger partial charge in [-0.15, -0.1) is 0 Å². The molecule has 1 aromatic rings. The maximum absolute atomic E-state index is 11.2. The molecule has 86 valence electrons. The first-order valence-corrected chi connectivity index (χ1v) is 5.73. The van der Waals surface area contributed by atoms with Gasteiger partial charge in [-0.3, -0.25) is 4.79 Å². The molecule has 3 heteroatoms. The number of hydrogen-bond acceptors (Lipinski definition) is 2. The molecule has 1 aliphatic heterocycles. The van der Waals surface area contributed by atoms with Gasteiger partial charge >= 0.3 is 0 Å². The number of carbonyl (C=O) groups excluding carboxylic acids is 1. The molecule has 1 saturated heterocycles. The van der Waals surface area contributed by atoms with Crippen LogP contribution < -0.4 is 11.1 Å². The van der Waals surface area contributed by atoms with Crippen LogP contribution in [0.25, 0.3) is 0 Å². The average molecular weight is 218 g/mol. The maximum atomic E-state index is 11.2. The number of carbonyl (C=O) groups is 1. The van der Waals surface area contributed by atoms with Crippen LogP contribution >= 0.6 is 0 Å². The Labute approximate surface area is 96.0 Å². The lowest BCUT2D eigenvalue weighted by molar-refractivity contribution is -0.122. The van der Waals surface area contributed by atoms with E-state index in [0.29, 0.717) is 5.92 Å². The summed E-state index contributed by atoms with van der Waals surface area (Å²) < 4.78 is 0. The second-order valence-electron chi connectivity index (χ2n) is 4.60. The van der Waals surface area contributed by atoms with Crippen molar-refractivity contribution in [2.24, 2.45) is 11.7 Å². The molecule has 0 radical (unpaired) electrons. The van der Waals surface area contributed by atoms with E-state index in [1.54, 1.807) is 0 Å². The lowest BCUT2D eigenvalue weighted by Gasteiger charge is -2.28. The first kappa shape index (κ1) is 11.1. The Morgan fingerprint density at radius 1 is 1.31 bits per heavy atom. The van der Waals surface area contributed by atoms with Crippen molar-refractivity contribution in [1.29, 1.82) is 0 Å². The van der Waals surface area contributed by atoms with E-state index in [1.165, 1.54) is 11.1 Å². The molecule has 2 rings (SSSR count). The highest BCUT2D eigenvalue weighted by Gasteiger charge is 2.26. The summed E-state index contributed by atoms with van der Waals surface area (Å²) in [5.41, 5.74) is 7.91. The summed E-state index contributed by atoms with van der Waals surface area (Å²) >= 11 is 0. The van der Waals surface area contributed by atoms with E-state index in [2.05, 4.69) is 36.5 Å². The highest BCUT2D eigenvalue weighted by molar-refractivity contribution is 5.77. The van der Waals surface area contributed by atoms with Gasteiger partial charge < -0.3 is 11.1 Å². The number of benzene rings is 1. The van der Waals surface area contributed by atoms with Crippen LogP contribution in [0.2, 0.25) is 0 Å². The standard InChI is InChI=1S/C13H18N2O/c1-9-2-4-10(5-3-9)11-6-12(13(14)16)8-15-7-11/h2-5,11-12,15H,6-8H2,1H3,(H2,14,16). The first-order valence-electron chi connectivity index (χ1n) is 5.73. The highest BCUT2D eigenvalue weighted by atomic mass is 16.1. The highest BCUT2D eigenvalue weighted by Crippen LogP contribution is 2.26. The van der Waals surface area contributed by atoms with Crippen molar-refractivity contribution in [3.8, 4) is 0 Å². The molecule has 2 atom stereocenters. The summed E-state index contributed by atoms with van der Waals surface area (Å²) in [6.07, 6.45) is 0.866. The molecule has 0 spiro atoms. The van der Waals surface area contributed by atoms with Gasteiger partial charge in [0.1, 0.15) is 0 Å². The minimum Gasteiger partial charge on any atom is -0.369 e. The predicted octanol–water partition coefficient (Wildman–Crippen LogP) is 1.17. The van der Waals surface area contributed by atoms with E-state index in [0.717, 1.165) is 19.5 Å². The number of rotatable bonds is 2. The molecular formula is C13H18N2O. The normalized spacial score (nSPS) is 25.3. The molecule has 2 unspecified atom stereocenters.